The molecule has 0 aromatic carbocycles. The molecule has 1 aliphatic rings. The summed E-state index contributed by atoms with van der Waals surface area (Å²) in [5.74, 6) is 0. The molecule has 2 heterocycles. The highest BCUT2D eigenvalue weighted by Gasteiger charge is 2.18. The van der Waals surface area contributed by atoms with Crippen LogP contribution < -0.4 is 5.32 Å². The van der Waals surface area contributed by atoms with E-state index >= 15 is 0 Å². The summed E-state index contributed by atoms with van der Waals surface area (Å²) in [4.78, 5) is 2.48. The Morgan fingerprint density at radius 3 is 2.94 bits per heavy atom. The summed E-state index contributed by atoms with van der Waals surface area (Å²) in [6.07, 6.45) is 6.11. The molecule has 1 aromatic heterocycles. The van der Waals surface area contributed by atoms with Crippen LogP contribution in [0.15, 0.2) is 12.3 Å². The molecule has 4 heteroatoms. The highest BCUT2D eigenvalue weighted by Crippen LogP contribution is 2.14. The van der Waals surface area contributed by atoms with E-state index in [0.717, 1.165) is 18.8 Å². The Hall–Kier alpha value is -0.870. The Bertz CT molecular complexity index is 358. The van der Waals surface area contributed by atoms with E-state index in [9.17, 15) is 0 Å². The van der Waals surface area contributed by atoms with E-state index in [4.69, 9.17) is 0 Å². The van der Waals surface area contributed by atoms with Crippen LogP contribution in [-0.2, 0) is 6.54 Å². The average molecular weight is 250 g/mol. The third kappa shape index (κ3) is 3.56. The monoisotopic (exact) mass is 250 g/mol. The van der Waals surface area contributed by atoms with Gasteiger partial charge >= 0.3 is 0 Å². The summed E-state index contributed by atoms with van der Waals surface area (Å²) in [5.41, 5.74) is 1.14. The quantitative estimate of drug-likeness (QED) is 0.868. The van der Waals surface area contributed by atoms with Crippen LogP contribution in [0.25, 0.3) is 0 Å². The first-order valence-corrected chi connectivity index (χ1v) is 7.12. The van der Waals surface area contributed by atoms with E-state index in [-0.39, 0.29) is 0 Å². The van der Waals surface area contributed by atoms with Crippen LogP contribution in [0.4, 0.5) is 0 Å². The van der Waals surface area contributed by atoms with Crippen molar-refractivity contribution < 1.29 is 0 Å². The van der Waals surface area contributed by atoms with Crippen molar-refractivity contribution in [2.75, 3.05) is 20.1 Å². The smallest absolute Gasteiger partial charge is 0.0762 e. The first-order chi connectivity index (χ1) is 8.66. The van der Waals surface area contributed by atoms with Crippen LogP contribution in [0, 0.1) is 0 Å². The van der Waals surface area contributed by atoms with Crippen LogP contribution in [0.5, 0.6) is 0 Å². The predicted molar refractivity (Wildman–Crippen MR) is 74.6 cm³/mol. The highest BCUT2D eigenvalue weighted by molar-refractivity contribution is 4.99. The van der Waals surface area contributed by atoms with Crippen molar-refractivity contribution in [1.29, 1.82) is 0 Å². The normalized spacial score (nSPS) is 21.7. The minimum Gasteiger partial charge on any atom is -0.310 e. The molecule has 1 aromatic rings. The van der Waals surface area contributed by atoms with E-state index in [1.165, 1.54) is 25.8 Å². The number of rotatable bonds is 5. The SMILES string of the molecule is CC(C)n1ccc(CNCC2CCCCN2C)n1. The van der Waals surface area contributed by atoms with Gasteiger partial charge in [0.15, 0.2) is 0 Å². The lowest BCUT2D eigenvalue weighted by atomic mass is 10.0. The molecule has 0 aliphatic carbocycles. The second-order valence-corrected chi connectivity index (χ2v) is 5.64. The second-order valence-electron chi connectivity index (χ2n) is 5.64. The molecule has 1 fully saturated rings. The Morgan fingerprint density at radius 1 is 1.44 bits per heavy atom. The van der Waals surface area contributed by atoms with Crippen LogP contribution in [0.3, 0.4) is 0 Å². The van der Waals surface area contributed by atoms with Gasteiger partial charge in [-0.05, 0) is 46.3 Å². The Balaban J connectivity index is 1.74. The van der Waals surface area contributed by atoms with Gasteiger partial charge in [0.25, 0.3) is 0 Å². The summed E-state index contributed by atoms with van der Waals surface area (Å²) in [5, 5.41) is 8.09. The third-order valence-corrected chi connectivity index (χ3v) is 3.80. The van der Waals surface area contributed by atoms with Crippen molar-refractivity contribution in [3.63, 3.8) is 0 Å². The van der Waals surface area contributed by atoms with Crippen molar-refractivity contribution in [2.45, 2.75) is 51.7 Å². The van der Waals surface area contributed by atoms with Gasteiger partial charge in [-0.25, -0.2) is 0 Å². The molecular weight excluding hydrogens is 224 g/mol. The number of piperidine rings is 1. The van der Waals surface area contributed by atoms with Gasteiger partial charge < -0.3 is 10.2 Å². The lowest BCUT2D eigenvalue weighted by Gasteiger charge is -2.32. The zero-order valence-electron chi connectivity index (χ0n) is 11.9. The molecule has 0 radical (unpaired) electrons. The topological polar surface area (TPSA) is 33.1 Å². The van der Waals surface area contributed by atoms with E-state index in [1.807, 2.05) is 4.68 Å². The van der Waals surface area contributed by atoms with Gasteiger partial charge in [0.1, 0.15) is 0 Å². The summed E-state index contributed by atoms with van der Waals surface area (Å²) in [7, 11) is 2.24. The van der Waals surface area contributed by atoms with Gasteiger partial charge in [0.05, 0.1) is 5.69 Å². The first kappa shape index (κ1) is 13.6. The molecule has 1 saturated heterocycles. The van der Waals surface area contributed by atoms with E-state index in [1.54, 1.807) is 0 Å². The molecule has 1 aliphatic heterocycles. The molecule has 1 unspecified atom stereocenters. The van der Waals surface area contributed by atoms with Crippen molar-refractivity contribution in [2.24, 2.45) is 0 Å². The number of nitrogens with zero attached hydrogens (tertiary/aromatic N) is 3. The number of nitrogens with one attached hydrogen (secondary N) is 1. The van der Waals surface area contributed by atoms with Gasteiger partial charge in [-0.15, -0.1) is 0 Å². The molecule has 0 bridgehead atoms. The maximum absolute atomic E-state index is 4.55. The molecule has 102 valence electrons. The molecule has 1 N–H and O–H groups in total. The van der Waals surface area contributed by atoms with Crippen molar-refractivity contribution in [3.8, 4) is 0 Å². The molecule has 4 nitrogen and oxygen atoms in total. The fourth-order valence-electron chi connectivity index (χ4n) is 2.53. The minimum atomic E-state index is 0.447. The summed E-state index contributed by atoms with van der Waals surface area (Å²) < 4.78 is 2.02. The van der Waals surface area contributed by atoms with E-state index in [2.05, 4.69) is 48.5 Å². The second kappa shape index (κ2) is 6.34. The van der Waals surface area contributed by atoms with Crippen molar-refractivity contribution in [3.05, 3.63) is 18.0 Å². The van der Waals surface area contributed by atoms with Crippen LogP contribution in [0.2, 0.25) is 0 Å². The Morgan fingerprint density at radius 2 is 2.28 bits per heavy atom. The first-order valence-electron chi connectivity index (χ1n) is 7.12. The van der Waals surface area contributed by atoms with Gasteiger partial charge in [-0.3, -0.25) is 4.68 Å². The zero-order chi connectivity index (χ0) is 13.0. The minimum absolute atomic E-state index is 0.447. The fraction of sp³-hybridized carbons (Fsp3) is 0.786. The number of likely N-dealkylation sites (N-methyl/N-ethyl adjacent to an activating group) is 1. The molecule has 18 heavy (non-hydrogen) atoms. The standard InChI is InChI=1S/C14H26N4/c1-12(2)18-9-7-13(16-18)10-15-11-14-6-4-5-8-17(14)3/h7,9,12,14-15H,4-6,8,10-11H2,1-3H3. The van der Waals surface area contributed by atoms with E-state index < -0.39 is 0 Å². The van der Waals surface area contributed by atoms with E-state index in [0.29, 0.717) is 12.1 Å². The third-order valence-electron chi connectivity index (χ3n) is 3.80. The number of hydrogen-bond acceptors (Lipinski definition) is 3. The molecule has 0 amide bonds. The molecular formula is C14H26N4. The van der Waals surface area contributed by atoms with Gasteiger partial charge in [0.2, 0.25) is 0 Å². The maximum Gasteiger partial charge on any atom is 0.0762 e. The summed E-state index contributed by atoms with van der Waals surface area (Å²) in [6, 6.07) is 3.26. The van der Waals surface area contributed by atoms with Crippen molar-refractivity contribution >= 4 is 0 Å². The lowest BCUT2D eigenvalue weighted by molar-refractivity contribution is 0.181. The number of hydrogen-bond donors (Lipinski definition) is 1. The fourth-order valence-corrected chi connectivity index (χ4v) is 2.53. The maximum atomic E-state index is 4.55. The number of likely N-dealkylation sites (tertiary alicyclic amines) is 1. The molecule has 0 saturated carbocycles. The van der Waals surface area contributed by atoms with Crippen LogP contribution in [-0.4, -0.2) is 40.9 Å². The average Bonchev–Trinajstić information content (AvgIpc) is 2.80. The Labute approximate surface area is 110 Å². The largest absolute Gasteiger partial charge is 0.310 e. The van der Waals surface area contributed by atoms with Crippen molar-refractivity contribution in [1.82, 2.24) is 20.0 Å². The number of aromatic nitrogens is 2. The van der Waals surface area contributed by atoms with Crippen LogP contribution in [0.1, 0.15) is 44.8 Å². The zero-order valence-corrected chi connectivity index (χ0v) is 11.9. The molecule has 1 atom stereocenters. The van der Waals surface area contributed by atoms with Gasteiger partial charge in [0, 0.05) is 31.4 Å². The van der Waals surface area contributed by atoms with Gasteiger partial charge in [-0.2, -0.15) is 5.10 Å². The lowest BCUT2D eigenvalue weighted by Crippen LogP contribution is -2.42. The van der Waals surface area contributed by atoms with Crippen LogP contribution >= 0.6 is 0 Å². The molecule has 0 spiro atoms. The Kier molecular flexibility index (Phi) is 4.78. The predicted octanol–water partition coefficient (Wildman–Crippen LogP) is 2.04. The van der Waals surface area contributed by atoms with Gasteiger partial charge in [-0.1, -0.05) is 6.42 Å². The highest BCUT2D eigenvalue weighted by atomic mass is 15.3. The summed E-state index contributed by atoms with van der Waals surface area (Å²) >= 11 is 0. The summed E-state index contributed by atoms with van der Waals surface area (Å²) in [6.45, 7) is 7.51. The molecule has 2 rings (SSSR count).